The van der Waals surface area contributed by atoms with Gasteiger partial charge in [0.15, 0.2) is 11.5 Å². The zero-order chi connectivity index (χ0) is 21.4. The summed E-state index contributed by atoms with van der Waals surface area (Å²) >= 11 is 5.88. The third kappa shape index (κ3) is 4.15. The molecular formula is C21H26ClF3N2O3. The van der Waals surface area contributed by atoms with Crippen LogP contribution in [0.25, 0.3) is 0 Å². The van der Waals surface area contributed by atoms with Crippen LogP contribution in [0.1, 0.15) is 64.2 Å². The molecule has 0 radical (unpaired) electrons. The molecule has 1 aliphatic heterocycles. The van der Waals surface area contributed by atoms with Gasteiger partial charge in [-0.3, -0.25) is 5.32 Å². The van der Waals surface area contributed by atoms with Gasteiger partial charge < -0.3 is 14.4 Å². The van der Waals surface area contributed by atoms with E-state index in [1.807, 2.05) is 0 Å². The maximum Gasteiger partial charge on any atom is 0.492 e. The van der Waals surface area contributed by atoms with Crippen molar-refractivity contribution < 1.29 is 27.4 Å². The second-order valence-corrected chi connectivity index (χ2v) is 8.77. The number of nitrogens with one attached hydrogen (secondary N) is 1. The van der Waals surface area contributed by atoms with Crippen molar-refractivity contribution >= 4 is 17.6 Å². The standard InChI is InChI=1S/C21H26ClF3N2O3/c22-14-11-12-17-18(13-14)30-21(29-17,20(23,24)25)26-19(28)27(15-7-3-1-4-8-15)16-9-5-2-6-10-16/h11-13,15-16H,1-10H2,(H,26,28). The third-order valence-corrected chi connectivity index (χ3v) is 6.46. The summed E-state index contributed by atoms with van der Waals surface area (Å²) in [5, 5.41) is 2.28. The van der Waals surface area contributed by atoms with Crippen LogP contribution in [-0.2, 0) is 0 Å². The van der Waals surface area contributed by atoms with E-state index < -0.39 is 18.1 Å². The number of carbonyl (C=O) groups excluding carboxylic acids is 1. The molecule has 5 nitrogen and oxygen atoms in total. The number of nitrogens with zero attached hydrogens (tertiary/aromatic N) is 1. The molecule has 3 aliphatic rings. The maximum atomic E-state index is 14.1. The van der Waals surface area contributed by atoms with Crippen LogP contribution in [0.15, 0.2) is 18.2 Å². The lowest BCUT2D eigenvalue weighted by atomic mass is 9.89. The lowest BCUT2D eigenvalue weighted by Gasteiger charge is -2.43. The number of ether oxygens (including phenoxy) is 2. The fourth-order valence-electron chi connectivity index (χ4n) is 4.77. The van der Waals surface area contributed by atoms with Crippen molar-refractivity contribution in [2.75, 3.05) is 0 Å². The number of hydrogen-bond donors (Lipinski definition) is 1. The van der Waals surface area contributed by atoms with Gasteiger partial charge in [0.2, 0.25) is 0 Å². The van der Waals surface area contributed by atoms with E-state index in [1.54, 1.807) is 4.90 Å². The average molecular weight is 447 g/mol. The molecule has 4 rings (SSSR count). The Morgan fingerprint density at radius 2 is 1.50 bits per heavy atom. The molecule has 1 heterocycles. The van der Waals surface area contributed by atoms with Crippen LogP contribution in [0.2, 0.25) is 5.02 Å². The van der Waals surface area contributed by atoms with E-state index in [4.69, 9.17) is 21.1 Å². The molecule has 1 atom stereocenters. The Hall–Kier alpha value is -1.83. The highest BCUT2D eigenvalue weighted by Gasteiger charge is 2.66. The van der Waals surface area contributed by atoms with Crippen molar-refractivity contribution in [1.82, 2.24) is 10.2 Å². The smallest absolute Gasteiger partial charge is 0.424 e. The first-order valence-corrected chi connectivity index (χ1v) is 11.0. The summed E-state index contributed by atoms with van der Waals surface area (Å²) in [4.78, 5) is 14.9. The highest BCUT2D eigenvalue weighted by Crippen LogP contribution is 2.46. The Morgan fingerprint density at radius 1 is 0.967 bits per heavy atom. The zero-order valence-electron chi connectivity index (χ0n) is 16.6. The Morgan fingerprint density at radius 3 is 2.03 bits per heavy atom. The molecule has 166 valence electrons. The van der Waals surface area contributed by atoms with Gasteiger partial charge in [0.05, 0.1) is 0 Å². The predicted octanol–water partition coefficient (Wildman–Crippen LogP) is 6.00. The molecule has 9 heteroatoms. The molecule has 1 aromatic rings. The van der Waals surface area contributed by atoms with Crippen LogP contribution < -0.4 is 14.8 Å². The van der Waals surface area contributed by atoms with Crippen LogP contribution in [0.5, 0.6) is 11.5 Å². The lowest BCUT2D eigenvalue weighted by molar-refractivity contribution is -0.318. The Kier molecular flexibility index (Phi) is 5.97. The van der Waals surface area contributed by atoms with Gasteiger partial charge >= 0.3 is 18.1 Å². The molecule has 1 unspecified atom stereocenters. The molecule has 0 bridgehead atoms. The Bertz CT molecular complexity index is 761. The fourth-order valence-corrected chi connectivity index (χ4v) is 4.93. The third-order valence-electron chi connectivity index (χ3n) is 6.23. The van der Waals surface area contributed by atoms with Gasteiger partial charge in [-0.25, -0.2) is 4.79 Å². The van der Waals surface area contributed by atoms with Crippen LogP contribution >= 0.6 is 11.6 Å². The van der Waals surface area contributed by atoms with Gasteiger partial charge in [-0.2, -0.15) is 13.2 Å². The number of amides is 2. The maximum absolute atomic E-state index is 14.1. The van der Waals surface area contributed by atoms with Crippen molar-refractivity contribution in [3.8, 4) is 11.5 Å². The molecule has 30 heavy (non-hydrogen) atoms. The second-order valence-electron chi connectivity index (χ2n) is 8.33. The number of halogens is 4. The summed E-state index contributed by atoms with van der Waals surface area (Å²) in [5.74, 6) is -3.53. The molecule has 2 fully saturated rings. The lowest BCUT2D eigenvalue weighted by Crippen LogP contribution is -2.68. The minimum Gasteiger partial charge on any atom is -0.424 e. The van der Waals surface area contributed by atoms with E-state index in [-0.39, 0.29) is 28.6 Å². The number of benzene rings is 1. The van der Waals surface area contributed by atoms with Gasteiger partial charge in [0.25, 0.3) is 0 Å². The molecule has 0 saturated heterocycles. The first-order chi connectivity index (χ1) is 14.3. The SMILES string of the molecule is O=C(NC1(C(F)(F)F)Oc2ccc(Cl)cc2O1)N(C1CCCCC1)C1CCCCC1. The van der Waals surface area contributed by atoms with Crippen LogP contribution in [0, 0.1) is 0 Å². The second kappa shape index (κ2) is 8.36. The van der Waals surface area contributed by atoms with E-state index in [2.05, 4.69) is 5.32 Å². The summed E-state index contributed by atoms with van der Waals surface area (Å²) in [5.41, 5.74) is 0. The summed E-state index contributed by atoms with van der Waals surface area (Å²) in [6.45, 7) is 0. The topological polar surface area (TPSA) is 50.8 Å². The van der Waals surface area contributed by atoms with Gasteiger partial charge in [-0.15, -0.1) is 0 Å². The van der Waals surface area contributed by atoms with Crippen molar-refractivity contribution in [1.29, 1.82) is 0 Å². The highest BCUT2D eigenvalue weighted by atomic mass is 35.5. The quantitative estimate of drug-likeness (QED) is 0.619. The van der Waals surface area contributed by atoms with Crippen molar-refractivity contribution in [2.24, 2.45) is 0 Å². The number of alkyl halides is 3. The van der Waals surface area contributed by atoms with Gasteiger partial charge in [-0.05, 0) is 37.8 Å². The molecule has 0 spiro atoms. The van der Waals surface area contributed by atoms with Crippen molar-refractivity contribution in [2.45, 2.75) is 88.4 Å². The first-order valence-electron chi connectivity index (χ1n) is 10.6. The number of carbonyl (C=O) groups is 1. The van der Waals surface area contributed by atoms with Gasteiger partial charge in [-0.1, -0.05) is 50.1 Å². The van der Waals surface area contributed by atoms with Gasteiger partial charge in [0, 0.05) is 23.2 Å². The number of rotatable bonds is 3. The normalized spacial score (nSPS) is 25.2. The summed E-state index contributed by atoms with van der Waals surface area (Å²) in [6, 6.07) is 3.04. The molecule has 2 amide bonds. The number of urea groups is 1. The highest BCUT2D eigenvalue weighted by molar-refractivity contribution is 6.30. The minimum atomic E-state index is -4.99. The van der Waals surface area contributed by atoms with Crippen LogP contribution in [0.4, 0.5) is 18.0 Å². The molecule has 2 saturated carbocycles. The molecule has 0 aromatic heterocycles. The largest absolute Gasteiger partial charge is 0.492 e. The van der Waals surface area contributed by atoms with E-state index in [9.17, 15) is 18.0 Å². The van der Waals surface area contributed by atoms with Gasteiger partial charge in [0.1, 0.15) is 0 Å². The predicted molar refractivity (Wildman–Crippen MR) is 106 cm³/mol. The molecule has 2 aliphatic carbocycles. The zero-order valence-corrected chi connectivity index (χ0v) is 17.4. The molecular weight excluding hydrogens is 421 g/mol. The summed E-state index contributed by atoms with van der Waals surface area (Å²) in [7, 11) is 0. The molecule has 1 aromatic carbocycles. The number of fused-ring (bicyclic) bond motifs is 1. The van der Waals surface area contributed by atoms with E-state index in [0.29, 0.717) is 0 Å². The minimum absolute atomic E-state index is 0.0645. The van der Waals surface area contributed by atoms with Crippen LogP contribution in [0.3, 0.4) is 0 Å². The van der Waals surface area contributed by atoms with Crippen molar-refractivity contribution in [3.05, 3.63) is 23.2 Å². The van der Waals surface area contributed by atoms with Crippen molar-refractivity contribution in [3.63, 3.8) is 0 Å². The van der Waals surface area contributed by atoms with E-state index in [1.165, 1.54) is 18.2 Å². The summed E-state index contributed by atoms with van der Waals surface area (Å²) in [6.07, 6.45) is 4.31. The summed E-state index contributed by atoms with van der Waals surface area (Å²) < 4.78 is 52.5. The average Bonchev–Trinajstić information content (AvgIpc) is 3.08. The fraction of sp³-hybridized carbons (Fsp3) is 0.667. The Labute approximate surface area is 178 Å². The van der Waals surface area contributed by atoms with E-state index >= 15 is 0 Å². The monoisotopic (exact) mass is 446 g/mol. The number of hydrogen-bond acceptors (Lipinski definition) is 3. The molecule has 1 N–H and O–H groups in total. The Balaban J connectivity index is 1.60. The first kappa shape index (κ1) is 21.4. The van der Waals surface area contributed by atoms with E-state index in [0.717, 1.165) is 64.2 Å². The van der Waals surface area contributed by atoms with Crippen LogP contribution in [-0.4, -0.2) is 35.1 Å².